The summed E-state index contributed by atoms with van der Waals surface area (Å²) in [5.41, 5.74) is 8.40. The van der Waals surface area contributed by atoms with Gasteiger partial charge in [0.05, 0.1) is 21.1 Å². The third kappa shape index (κ3) is 2.29. The molecule has 0 unspecified atom stereocenters. The molecule has 0 fully saturated rings. The van der Waals surface area contributed by atoms with Crippen molar-refractivity contribution in [2.75, 3.05) is 5.73 Å². The van der Waals surface area contributed by atoms with Gasteiger partial charge in [-0.2, -0.15) is 0 Å². The van der Waals surface area contributed by atoms with Crippen LogP contribution >= 0.6 is 34.8 Å². The summed E-state index contributed by atoms with van der Waals surface area (Å²) in [6.07, 6.45) is 0. The van der Waals surface area contributed by atoms with Crippen LogP contribution in [0.2, 0.25) is 15.1 Å². The Morgan fingerprint density at radius 3 is 2.00 bits per heavy atom. The lowest BCUT2D eigenvalue weighted by molar-refractivity contribution is 1.30. The second-order valence-corrected chi connectivity index (χ2v) is 5.44. The minimum atomic E-state index is 0.273. The zero-order valence-electron chi connectivity index (χ0n) is 10.1. The second-order valence-electron chi connectivity index (χ2n) is 4.19. The number of anilines is 1. The van der Waals surface area contributed by atoms with Crippen LogP contribution in [0.3, 0.4) is 0 Å². The van der Waals surface area contributed by atoms with Crippen LogP contribution in [0.15, 0.2) is 36.4 Å². The van der Waals surface area contributed by atoms with E-state index in [9.17, 15) is 0 Å². The lowest BCUT2D eigenvalue weighted by Crippen LogP contribution is -1.99. The molecule has 0 radical (unpaired) electrons. The van der Waals surface area contributed by atoms with Crippen molar-refractivity contribution in [3.8, 4) is 11.3 Å². The van der Waals surface area contributed by atoms with E-state index in [1.807, 2.05) is 24.3 Å². The predicted octanol–water partition coefficient (Wildman–Crippen LogP) is 4.84. The standard InChI is InChI=1S/C14H8Cl3N3/c15-7-5-8(16)12(9(17)6-7)13-14(18)20-11-4-2-1-3-10(11)19-13/h1-6H,(H2,18,20). The van der Waals surface area contributed by atoms with Gasteiger partial charge in [0.15, 0.2) is 5.82 Å². The van der Waals surface area contributed by atoms with Crippen molar-refractivity contribution in [2.45, 2.75) is 0 Å². The van der Waals surface area contributed by atoms with Crippen LogP contribution in [0.25, 0.3) is 22.3 Å². The molecule has 3 aromatic rings. The fourth-order valence-corrected chi connectivity index (χ4v) is 2.96. The van der Waals surface area contributed by atoms with E-state index in [2.05, 4.69) is 9.97 Å². The monoisotopic (exact) mass is 323 g/mol. The third-order valence-corrected chi connectivity index (χ3v) is 3.66. The smallest absolute Gasteiger partial charge is 0.150 e. The van der Waals surface area contributed by atoms with Gasteiger partial charge in [0, 0.05) is 10.6 Å². The van der Waals surface area contributed by atoms with Crippen molar-refractivity contribution in [2.24, 2.45) is 0 Å². The van der Waals surface area contributed by atoms with E-state index < -0.39 is 0 Å². The van der Waals surface area contributed by atoms with Crippen LogP contribution in [0, 0.1) is 0 Å². The number of para-hydroxylation sites is 2. The van der Waals surface area contributed by atoms with Crippen LogP contribution in [-0.2, 0) is 0 Å². The van der Waals surface area contributed by atoms with Crippen molar-refractivity contribution in [1.82, 2.24) is 9.97 Å². The largest absolute Gasteiger partial charge is 0.382 e. The van der Waals surface area contributed by atoms with Crippen molar-refractivity contribution >= 4 is 51.7 Å². The molecule has 0 aliphatic heterocycles. The first-order valence-corrected chi connectivity index (χ1v) is 6.87. The molecule has 1 heterocycles. The Balaban J connectivity index is 2.32. The second kappa shape index (κ2) is 5.09. The molecule has 100 valence electrons. The highest BCUT2D eigenvalue weighted by Gasteiger charge is 2.16. The maximum Gasteiger partial charge on any atom is 0.150 e. The van der Waals surface area contributed by atoms with Gasteiger partial charge in [-0.3, -0.25) is 0 Å². The summed E-state index contributed by atoms with van der Waals surface area (Å²) in [6.45, 7) is 0. The Morgan fingerprint density at radius 1 is 0.850 bits per heavy atom. The molecule has 0 atom stereocenters. The Labute approximate surface area is 130 Å². The van der Waals surface area contributed by atoms with E-state index in [0.29, 0.717) is 26.3 Å². The third-order valence-electron chi connectivity index (χ3n) is 2.84. The van der Waals surface area contributed by atoms with Gasteiger partial charge in [-0.1, -0.05) is 46.9 Å². The highest BCUT2D eigenvalue weighted by Crippen LogP contribution is 2.38. The molecule has 2 N–H and O–H groups in total. The number of benzene rings is 2. The normalized spacial score (nSPS) is 10.9. The number of hydrogen-bond acceptors (Lipinski definition) is 3. The molecular weight excluding hydrogens is 317 g/mol. The molecule has 0 aliphatic rings. The molecule has 1 aromatic heterocycles. The number of nitrogens with two attached hydrogens (primary N) is 1. The lowest BCUT2D eigenvalue weighted by Gasteiger charge is -2.10. The van der Waals surface area contributed by atoms with Gasteiger partial charge >= 0.3 is 0 Å². The fraction of sp³-hybridized carbons (Fsp3) is 0. The first-order chi connectivity index (χ1) is 9.56. The number of aromatic nitrogens is 2. The quantitative estimate of drug-likeness (QED) is 0.697. The van der Waals surface area contributed by atoms with E-state index in [-0.39, 0.29) is 5.82 Å². The SMILES string of the molecule is Nc1nc2ccccc2nc1-c1c(Cl)cc(Cl)cc1Cl. The van der Waals surface area contributed by atoms with Crippen molar-refractivity contribution < 1.29 is 0 Å². The summed E-state index contributed by atoms with van der Waals surface area (Å²) in [7, 11) is 0. The van der Waals surface area contributed by atoms with Gasteiger partial charge in [-0.15, -0.1) is 0 Å². The Morgan fingerprint density at radius 2 is 1.40 bits per heavy atom. The molecule has 0 saturated carbocycles. The molecule has 6 heteroatoms. The predicted molar refractivity (Wildman–Crippen MR) is 84.4 cm³/mol. The summed E-state index contributed by atoms with van der Waals surface area (Å²) in [4.78, 5) is 8.82. The van der Waals surface area contributed by atoms with E-state index >= 15 is 0 Å². The zero-order valence-corrected chi connectivity index (χ0v) is 12.3. The van der Waals surface area contributed by atoms with Gasteiger partial charge < -0.3 is 5.73 Å². The van der Waals surface area contributed by atoms with Gasteiger partial charge in [0.2, 0.25) is 0 Å². The number of nitrogens with zero attached hydrogens (tertiary/aromatic N) is 2. The van der Waals surface area contributed by atoms with Gasteiger partial charge in [0.25, 0.3) is 0 Å². The molecule has 0 saturated heterocycles. The highest BCUT2D eigenvalue weighted by atomic mass is 35.5. The Hall–Kier alpha value is -1.55. The number of fused-ring (bicyclic) bond motifs is 1. The molecule has 3 nitrogen and oxygen atoms in total. The first-order valence-electron chi connectivity index (χ1n) is 5.73. The van der Waals surface area contributed by atoms with Gasteiger partial charge in [0.1, 0.15) is 5.69 Å². The minimum Gasteiger partial charge on any atom is -0.382 e. The fourth-order valence-electron chi connectivity index (χ4n) is 1.97. The number of halogens is 3. The molecule has 20 heavy (non-hydrogen) atoms. The van der Waals surface area contributed by atoms with E-state index in [1.165, 1.54) is 0 Å². The number of nitrogen functional groups attached to an aromatic ring is 1. The lowest BCUT2D eigenvalue weighted by atomic mass is 10.1. The molecule has 0 aliphatic carbocycles. The van der Waals surface area contributed by atoms with E-state index in [1.54, 1.807) is 12.1 Å². The zero-order chi connectivity index (χ0) is 14.3. The molecular formula is C14H8Cl3N3. The van der Waals surface area contributed by atoms with Crippen LogP contribution in [0.4, 0.5) is 5.82 Å². The maximum atomic E-state index is 6.20. The van der Waals surface area contributed by atoms with E-state index in [4.69, 9.17) is 40.5 Å². The van der Waals surface area contributed by atoms with Crippen LogP contribution in [0.1, 0.15) is 0 Å². The van der Waals surface area contributed by atoms with E-state index in [0.717, 1.165) is 11.0 Å². The minimum absolute atomic E-state index is 0.273. The summed E-state index contributed by atoms with van der Waals surface area (Å²) in [5, 5.41) is 1.23. The molecule has 2 aromatic carbocycles. The number of rotatable bonds is 1. The Kier molecular flexibility index (Phi) is 3.42. The van der Waals surface area contributed by atoms with Gasteiger partial charge in [-0.05, 0) is 24.3 Å². The summed E-state index contributed by atoms with van der Waals surface area (Å²) < 4.78 is 0. The number of hydrogen-bond donors (Lipinski definition) is 1. The summed E-state index contributed by atoms with van der Waals surface area (Å²) in [6, 6.07) is 10.6. The van der Waals surface area contributed by atoms with Gasteiger partial charge in [-0.25, -0.2) is 9.97 Å². The average Bonchev–Trinajstić information content (AvgIpc) is 2.38. The first kappa shape index (κ1) is 13.4. The van der Waals surface area contributed by atoms with Crippen LogP contribution in [0.5, 0.6) is 0 Å². The topological polar surface area (TPSA) is 51.8 Å². The van der Waals surface area contributed by atoms with Crippen molar-refractivity contribution in [3.63, 3.8) is 0 Å². The van der Waals surface area contributed by atoms with Crippen molar-refractivity contribution in [3.05, 3.63) is 51.5 Å². The molecule has 0 amide bonds. The average molecular weight is 325 g/mol. The molecule has 3 rings (SSSR count). The summed E-state index contributed by atoms with van der Waals surface area (Å²) >= 11 is 18.3. The summed E-state index contributed by atoms with van der Waals surface area (Å²) in [5.74, 6) is 0.273. The molecule has 0 spiro atoms. The van der Waals surface area contributed by atoms with Crippen molar-refractivity contribution in [1.29, 1.82) is 0 Å². The Bertz CT molecular complexity index is 795. The maximum absolute atomic E-state index is 6.20. The van der Waals surface area contributed by atoms with Crippen LogP contribution in [-0.4, -0.2) is 9.97 Å². The van der Waals surface area contributed by atoms with Crippen LogP contribution < -0.4 is 5.73 Å². The molecule has 0 bridgehead atoms. The highest BCUT2D eigenvalue weighted by molar-refractivity contribution is 6.41.